The fourth-order valence-corrected chi connectivity index (χ4v) is 2.18. The van der Waals surface area contributed by atoms with Gasteiger partial charge in [-0.3, -0.25) is 0 Å². The Labute approximate surface area is 119 Å². The van der Waals surface area contributed by atoms with Crippen LogP contribution >= 0.6 is 0 Å². The molecule has 0 amide bonds. The molecule has 0 N–H and O–H groups in total. The summed E-state index contributed by atoms with van der Waals surface area (Å²) in [5.41, 5.74) is 1.14. The van der Waals surface area contributed by atoms with E-state index in [1.807, 2.05) is 30.3 Å². The van der Waals surface area contributed by atoms with E-state index in [4.69, 9.17) is 14.2 Å². The molecule has 20 heavy (non-hydrogen) atoms. The van der Waals surface area contributed by atoms with Gasteiger partial charge in [0.25, 0.3) is 0 Å². The van der Waals surface area contributed by atoms with Gasteiger partial charge in [0.05, 0.1) is 25.9 Å². The molecule has 0 fully saturated rings. The van der Waals surface area contributed by atoms with E-state index >= 15 is 0 Å². The van der Waals surface area contributed by atoms with Crippen molar-refractivity contribution in [2.45, 2.75) is 38.6 Å². The molecule has 2 atom stereocenters. The number of carbonyl (C=O) groups excluding carboxylic acids is 1. The van der Waals surface area contributed by atoms with Crippen molar-refractivity contribution >= 4 is 5.97 Å². The number of ether oxygens (including phenoxy) is 3. The molecule has 1 aliphatic rings. The lowest BCUT2D eigenvalue weighted by Gasteiger charge is -2.21. The first kappa shape index (κ1) is 14.6. The van der Waals surface area contributed by atoms with Gasteiger partial charge in [-0.05, 0) is 12.0 Å². The molecule has 4 nitrogen and oxygen atoms in total. The molecule has 0 aromatic heterocycles. The molecule has 1 aromatic rings. The zero-order valence-corrected chi connectivity index (χ0v) is 11.9. The molecule has 0 spiro atoms. The van der Waals surface area contributed by atoms with E-state index in [9.17, 15) is 4.79 Å². The molecule has 1 aliphatic heterocycles. The number of hydrogen-bond acceptors (Lipinski definition) is 4. The maximum absolute atomic E-state index is 11.3. The molecule has 4 heteroatoms. The first-order valence-electron chi connectivity index (χ1n) is 6.84. The second kappa shape index (κ2) is 7.10. The smallest absolute Gasteiger partial charge is 0.335 e. The molecule has 0 saturated carbocycles. The molecule has 0 radical (unpaired) electrons. The molecule has 0 aliphatic carbocycles. The Morgan fingerprint density at radius 3 is 2.70 bits per heavy atom. The molecular formula is C16H20O4. The predicted molar refractivity (Wildman–Crippen MR) is 74.9 cm³/mol. The quantitative estimate of drug-likeness (QED) is 0.718. The maximum atomic E-state index is 11.3. The average Bonchev–Trinajstić information content (AvgIpc) is 2.84. The average molecular weight is 276 g/mol. The van der Waals surface area contributed by atoms with Gasteiger partial charge in [-0.25, -0.2) is 4.79 Å². The number of hydrogen-bond donors (Lipinski definition) is 0. The van der Waals surface area contributed by atoms with Gasteiger partial charge < -0.3 is 14.2 Å². The zero-order chi connectivity index (χ0) is 14.4. The molecule has 1 heterocycles. The minimum absolute atomic E-state index is 0.0321. The van der Waals surface area contributed by atoms with E-state index in [0.717, 1.165) is 12.0 Å². The van der Waals surface area contributed by atoms with Crippen molar-refractivity contribution in [3.05, 3.63) is 47.7 Å². The number of benzene rings is 1. The summed E-state index contributed by atoms with van der Waals surface area (Å²) in [6, 6.07) is 10.0. The van der Waals surface area contributed by atoms with Crippen molar-refractivity contribution in [2.75, 3.05) is 7.11 Å². The topological polar surface area (TPSA) is 44.8 Å². The Bertz CT molecular complexity index is 467. The minimum Gasteiger partial charge on any atom is -0.497 e. The fraction of sp³-hybridized carbons (Fsp3) is 0.438. The van der Waals surface area contributed by atoms with Crippen LogP contribution in [0, 0.1) is 0 Å². The van der Waals surface area contributed by atoms with Crippen molar-refractivity contribution in [2.24, 2.45) is 0 Å². The van der Waals surface area contributed by atoms with Crippen LogP contribution in [-0.4, -0.2) is 25.3 Å². The maximum Gasteiger partial charge on any atom is 0.335 e. The number of rotatable bonds is 7. The highest BCUT2D eigenvalue weighted by Gasteiger charge is 2.29. The largest absolute Gasteiger partial charge is 0.497 e. The highest BCUT2D eigenvalue weighted by molar-refractivity contribution is 5.85. The van der Waals surface area contributed by atoms with Crippen LogP contribution < -0.4 is 0 Å². The van der Waals surface area contributed by atoms with Gasteiger partial charge in [-0.1, -0.05) is 37.3 Å². The number of cyclic esters (lactones) is 1. The van der Waals surface area contributed by atoms with E-state index in [2.05, 4.69) is 6.92 Å². The third-order valence-corrected chi connectivity index (χ3v) is 3.33. The Morgan fingerprint density at radius 1 is 1.30 bits per heavy atom. The first-order valence-corrected chi connectivity index (χ1v) is 6.84. The van der Waals surface area contributed by atoms with Gasteiger partial charge in [0.15, 0.2) is 6.10 Å². The molecular weight excluding hydrogens is 256 g/mol. The lowest BCUT2D eigenvalue weighted by atomic mass is 10.1. The second-order valence-corrected chi connectivity index (χ2v) is 4.74. The van der Waals surface area contributed by atoms with Gasteiger partial charge in [0.2, 0.25) is 0 Å². The van der Waals surface area contributed by atoms with Gasteiger partial charge in [0, 0.05) is 6.42 Å². The first-order chi connectivity index (χ1) is 9.72. The predicted octanol–water partition coefficient (Wildman–Crippen LogP) is 2.83. The van der Waals surface area contributed by atoms with Crippen molar-refractivity contribution < 1.29 is 19.0 Å². The van der Waals surface area contributed by atoms with Crippen LogP contribution in [0.2, 0.25) is 0 Å². The summed E-state index contributed by atoms with van der Waals surface area (Å²) in [4.78, 5) is 11.3. The summed E-state index contributed by atoms with van der Waals surface area (Å²) < 4.78 is 16.3. The summed E-state index contributed by atoms with van der Waals surface area (Å²) in [7, 11) is 1.55. The Kier molecular flexibility index (Phi) is 5.18. The van der Waals surface area contributed by atoms with Crippen LogP contribution in [0.3, 0.4) is 0 Å². The highest BCUT2D eigenvalue weighted by Crippen LogP contribution is 2.23. The molecule has 0 saturated heterocycles. The lowest BCUT2D eigenvalue weighted by molar-refractivity contribution is -0.141. The highest BCUT2D eigenvalue weighted by atomic mass is 16.6. The van der Waals surface area contributed by atoms with Crippen LogP contribution in [0.5, 0.6) is 0 Å². The van der Waals surface area contributed by atoms with Gasteiger partial charge in [0.1, 0.15) is 5.76 Å². The SMILES string of the molecule is CC[C@@H](C[C@@H]1OC(=O)C=C1OC)OCc1ccccc1. The Balaban J connectivity index is 1.86. The van der Waals surface area contributed by atoms with Crippen molar-refractivity contribution in [1.29, 1.82) is 0 Å². The number of esters is 1. The van der Waals surface area contributed by atoms with Gasteiger partial charge in [-0.15, -0.1) is 0 Å². The van der Waals surface area contributed by atoms with Gasteiger partial charge in [-0.2, -0.15) is 0 Å². The van der Waals surface area contributed by atoms with Crippen LogP contribution in [0.15, 0.2) is 42.2 Å². The summed E-state index contributed by atoms with van der Waals surface area (Å²) in [6.45, 7) is 2.62. The summed E-state index contributed by atoms with van der Waals surface area (Å²) in [5, 5.41) is 0. The molecule has 2 rings (SSSR count). The van der Waals surface area contributed by atoms with E-state index in [1.54, 1.807) is 7.11 Å². The van der Waals surface area contributed by atoms with Crippen molar-refractivity contribution in [1.82, 2.24) is 0 Å². The number of carbonyl (C=O) groups is 1. The Morgan fingerprint density at radius 2 is 2.05 bits per heavy atom. The lowest BCUT2D eigenvalue weighted by Crippen LogP contribution is -2.23. The van der Waals surface area contributed by atoms with Crippen molar-refractivity contribution in [3.8, 4) is 0 Å². The third kappa shape index (κ3) is 3.84. The summed E-state index contributed by atoms with van der Waals surface area (Å²) in [6.07, 6.45) is 2.58. The molecule has 1 aromatic carbocycles. The van der Waals surface area contributed by atoms with Crippen LogP contribution in [-0.2, 0) is 25.6 Å². The summed E-state index contributed by atoms with van der Waals surface area (Å²) in [5.74, 6) is 0.238. The van der Waals surface area contributed by atoms with Crippen LogP contribution in [0.25, 0.3) is 0 Å². The van der Waals surface area contributed by atoms with Crippen molar-refractivity contribution in [3.63, 3.8) is 0 Å². The van der Waals surface area contributed by atoms with Gasteiger partial charge >= 0.3 is 5.97 Å². The van der Waals surface area contributed by atoms with E-state index in [0.29, 0.717) is 18.8 Å². The molecule has 108 valence electrons. The van der Waals surface area contributed by atoms with E-state index in [-0.39, 0.29) is 18.2 Å². The second-order valence-electron chi connectivity index (χ2n) is 4.74. The normalized spacial score (nSPS) is 19.4. The molecule has 0 unspecified atom stereocenters. The summed E-state index contributed by atoms with van der Waals surface area (Å²) >= 11 is 0. The number of methoxy groups -OCH3 is 1. The third-order valence-electron chi connectivity index (χ3n) is 3.33. The minimum atomic E-state index is -0.343. The van der Waals surface area contributed by atoms with Crippen LogP contribution in [0.4, 0.5) is 0 Å². The van der Waals surface area contributed by atoms with E-state index in [1.165, 1.54) is 6.08 Å². The van der Waals surface area contributed by atoms with E-state index < -0.39 is 0 Å². The van der Waals surface area contributed by atoms with Crippen LogP contribution in [0.1, 0.15) is 25.3 Å². The standard InChI is InChI=1S/C16H20O4/c1-3-13(19-11-12-7-5-4-6-8-12)9-15-14(18-2)10-16(17)20-15/h4-8,10,13,15H,3,9,11H2,1-2H3/t13-,15-/m0/s1. The Hall–Kier alpha value is -1.81. The molecule has 0 bridgehead atoms. The fourth-order valence-electron chi connectivity index (χ4n) is 2.18. The monoisotopic (exact) mass is 276 g/mol. The zero-order valence-electron chi connectivity index (χ0n) is 11.9.